The number of fused-ring (bicyclic) bond motifs is 1. The van der Waals surface area contributed by atoms with Crippen molar-refractivity contribution in [1.82, 2.24) is 9.38 Å². The Morgan fingerprint density at radius 3 is 2.76 bits per heavy atom. The highest BCUT2D eigenvalue weighted by Gasteiger charge is 2.20. The minimum absolute atomic E-state index is 0.203. The van der Waals surface area contributed by atoms with E-state index in [4.69, 9.17) is 4.74 Å². The number of hydrogen-bond donors (Lipinski definition) is 1. The van der Waals surface area contributed by atoms with Crippen LogP contribution in [0.1, 0.15) is 34.2 Å². The van der Waals surface area contributed by atoms with Crippen molar-refractivity contribution in [2.75, 3.05) is 12.4 Å². The zero-order valence-corrected chi connectivity index (χ0v) is 16.3. The Hall–Kier alpha value is -2.34. The minimum Gasteiger partial charge on any atom is -0.495 e. The molecule has 1 amide bonds. The van der Waals surface area contributed by atoms with Gasteiger partial charge >= 0.3 is 0 Å². The number of carbonyl (C=O) groups excluding carboxylic acids is 1. The van der Waals surface area contributed by atoms with Gasteiger partial charge in [0, 0.05) is 10.7 Å². The maximum Gasteiger partial charge on any atom is 0.274 e. The second-order valence-electron chi connectivity index (χ2n) is 5.95. The van der Waals surface area contributed by atoms with Crippen LogP contribution >= 0.6 is 15.9 Å². The van der Waals surface area contributed by atoms with Crippen molar-refractivity contribution >= 4 is 33.2 Å². The number of benzene rings is 1. The molecule has 6 heteroatoms. The number of ether oxygens (including phenoxy) is 1. The van der Waals surface area contributed by atoms with E-state index in [1.54, 1.807) is 7.11 Å². The summed E-state index contributed by atoms with van der Waals surface area (Å²) in [6.07, 6.45) is 2.54. The molecule has 0 saturated heterocycles. The lowest BCUT2D eigenvalue weighted by molar-refractivity contribution is 0.102. The molecule has 0 aliphatic rings. The van der Waals surface area contributed by atoms with Crippen molar-refractivity contribution in [3.8, 4) is 5.75 Å². The zero-order valence-electron chi connectivity index (χ0n) is 14.7. The summed E-state index contributed by atoms with van der Waals surface area (Å²) in [6.45, 7) is 5.95. The summed E-state index contributed by atoms with van der Waals surface area (Å²) < 4.78 is 8.10. The lowest BCUT2D eigenvalue weighted by Crippen LogP contribution is -2.17. The number of aryl methyl sites for hydroxylation is 3. The van der Waals surface area contributed by atoms with Crippen molar-refractivity contribution in [3.63, 3.8) is 0 Å². The number of aromatic nitrogens is 2. The van der Waals surface area contributed by atoms with E-state index in [1.807, 2.05) is 55.6 Å². The maximum atomic E-state index is 13.0. The van der Waals surface area contributed by atoms with Gasteiger partial charge < -0.3 is 10.1 Å². The van der Waals surface area contributed by atoms with Gasteiger partial charge in [-0.25, -0.2) is 4.98 Å². The monoisotopic (exact) mass is 401 g/mol. The van der Waals surface area contributed by atoms with Crippen LogP contribution in [0.4, 0.5) is 5.69 Å². The number of anilines is 1. The van der Waals surface area contributed by atoms with E-state index in [2.05, 4.69) is 26.2 Å². The fraction of sp³-hybridized carbons (Fsp3) is 0.263. The first-order chi connectivity index (χ1) is 11.9. The summed E-state index contributed by atoms with van der Waals surface area (Å²) in [5, 5.41) is 2.97. The number of nitrogens with one attached hydrogen (secondary N) is 1. The van der Waals surface area contributed by atoms with Gasteiger partial charge in [0.2, 0.25) is 0 Å². The summed E-state index contributed by atoms with van der Waals surface area (Å²) in [4.78, 5) is 17.7. The van der Waals surface area contributed by atoms with Crippen LogP contribution in [0.15, 0.2) is 34.9 Å². The molecule has 0 atom stereocenters. The van der Waals surface area contributed by atoms with Crippen LogP contribution in [-0.2, 0) is 6.42 Å². The van der Waals surface area contributed by atoms with Crippen LogP contribution in [-0.4, -0.2) is 22.4 Å². The molecule has 0 fully saturated rings. The zero-order chi connectivity index (χ0) is 18.1. The number of methoxy groups -OCH3 is 1. The fourth-order valence-corrected chi connectivity index (χ4v) is 3.45. The Balaban J connectivity index is 2.10. The molecule has 0 radical (unpaired) electrons. The smallest absolute Gasteiger partial charge is 0.274 e. The molecule has 2 heterocycles. The lowest BCUT2D eigenvalue weighted by atomic mass is 10.2. The number of carbonyl (C=O) groups is 1. The normalized spacial score (nSPS) is 10.9. The molecule has 130 valence electrons. The van der Waals surface area contributed by atoms with E-state index in [0.717, 1.165) is 26.9 Å². The van der Waals surface area contributed by atoms with Crippen molar-refractivity contribution in [3.05, 3.63) is 57.4 Å². The molecule has 0 aliphatic heterocycles. The number of halogens is 1. The Kier molecular flexibility index (Phi) is 4.81. The van der Waals surface area contributed by atoms with Gasteiger partial charge in [0.25, 0.3) is 5.91 Å². The number of amides is 1. The third-order valence-corrected chi connectivity index (χ3v) is 4.53. The molecule has 0 bridgehead atoms. The van der Waals surface area contributed by atoms with Crippen molar-refractivity contribution in [1.29, 1.82) is 0 Å². The molecule has 1 aromatic carbocycles. The molecular weight excluding hydrogens is 382 g/mol. The number of hydrogen-bond acceptors (Lipinski definition) is 3. The number of pyridine rings is 1. The predicted octanol–water partition coefficient (Wildman–Crippen LogP) is 4.54. The topological polar surface area (TPSA) is 55.6 Å². The van der Waals surface area contributed by atoms with E-state index >= 15 is 0 Å². The average Bonchev–Trinajstić information content (AvgIpc) is 2.94. The third-order valence-electron chi connectivity index (χ3n) is 4.10. The first-order valence-electron chi connectivity index (χ1n) is 8.07. The highest BCUT2D eigenvalue weighted by atomic mass is 79.9. The summed E-state index contributed by atoms with van der Waals surface area (Å²) >= 11 is 3.50. The van der Waals surface area contributed by atoms with Crippen LogP contribution in [0.5, 0.6) is 5.75 Å². The molecule has 1 N–H and O–H groups in total. The molecule has 3 aromatic rings. The molecule has 0 unspecified atom stereocenters. The second kappa shape index (κ2) is 6.88. The molecule has 0 saturated carbocycles. The van der Waals surface area contributed by atoms with Gasteiger partial charge in [-0.2, -0.15) is 0 Å². The average molecular weight is 402 g/mol. The molecule has 25 heavy (non-hydrogen) atoms. The first-order valence-corrected chi connectivity index (χ1v) is 8.87. The van der Waals surface area contributed by atoms with Crippen LogP contribution < -0.4 is 10.1 Å². The van der Waals surface area contributed by atoms with Crippen LogP contribution in [0.2, 0.25) is 0 Å². The van der Waals surface area contributed by atoms with Crippen LogP contribution in [0.3, 0.4) is 0 Å². The van der Waals surface area contributed by atoms with Gasteiger partial charge in [-0.1, -0.05) is 13.0 Å². The summed E-state index contributed by atoms with van der Waals surface area (Å²) in [7, 11) is 1.59. The highest BCUT2D eigenvalue weighted by Crippen LogP contribution is 2.27. The molecular formula is C19H20BrN3O2. The van der Waals surface area contributed by atoms with E-state index in [9.17, 15) is 4.79 Å². The van der Waals surface area contributed by atoms with Gasteiger partial charge in [-0.15, -0.1) is 0 Å². The van der Waals surface area contributed by atoms with Gasteiger partial charge in [-0.3, -0.25) is 9.20 Å². The lowest BCUT2D eigenvalue weighted by Gasteiger charge is -2.12. The summed E-state index contributed by atoms with van der Waals surface area (Å²) in [5.41, 5.74) is 4.81. The molecule has 2 aromatic heterocycles. The second-order valence-corrected chi connectivity index (χ2v) is 6.87. The Bertz CT molecular complexity index is 963. The van der Waals surface area contributed by atoms with E-state index in [1.165, 1.54) is 0 Å². The SMILES string of the molecule is CCc1nc2c(C)cc(Br)cn2c1C(=O)Nc1cc(C)ccc1OC. The van der Waals surface area contributed by atoms with Crippen molar-refractivity contribution < 1.29 is 9.53 Å². The largest absolute Gasteiger partial charge is 0.495 e. The van der Waals surface area contributed by atoms with E-state index in [0.29, 0.717) is 23.6 Å². The third kappa shape index (κ3) is 3.26. The maximum absolute atomic E-state index is 13.0. The standard InChI is InChI=1S/C19H20BrN3O2/c1-5-14-17(23-10-13(20)9-12(3)18(23)21-14)19(24)22-15-8-11(2)6-7-16(15)25-4/h6-10H,5H2,1-4H3,(H,22,24). The van der Waals surface area contributed by atoms with Crippen LogP contribution in [0.25, 0.3) is 5.65 Å². The molecule has 5 nitrogen and oxygen atoms in total. The van der Waals surface area contributed by atoms with Gasteiger partial charge in [0.15, 0.2) is 0 Å². The minimum atomic E-state index is -0.203. The highest BCUT2D eigenvalue weighted by molar-refractivity contribution is 9.10. The number of rotatable bonds is 4. The Morgan fingerprint density at radius 2 is 2.08 bits per heavy atom. The van der Waals surface area contributed by atoms with Gasteiger partial charge in [0.1, 0.15) is 17.1 Å². The summed E-state index contributed by atoms with van der Waals surface area (Å²) in [5.74, 6) is 0.425. The van der Waals surface area contributed by atoms with Crippen molar-refractivity contribution in [2.45, 2.75) is 27.2 Å². The fourth-order valence-electron chi connectivity index (χ4n) is 2.90. The van der Waals surface area contributed by atoms with E-state index < -0.39 is 0 Å². The van der Waals surface area contributed by atoms with Gasteiger partial charge in [0.05, 0.1) is 18.5 Å². The summed E-state index contributed by atoms with van der Waals surface area (Å²) in [6, 6.07) is 7.68. The molecule has 3 rings (SSSR count). The first kappa shape index (κ1) is 17.5. The quantitative estimate of drug-likeness (QED) is 0.697. The van der Waals surface area contributed by atoms with Crippen molar-refractivity contribution in [2.24, 2.45) is 0 Å². The van der Waals surface area contributed by atoms with Gasteiger partial charge in [-0.05, 0) is 65.5 Å². The Labute approximate surface area is 155 Å². The molecule has 0 spiro atoms. The number of nitrogens with zero attached hydrogens (tertiary/aromatic N) is 2. The Morgan fingerprint density at radius 1 is 1.32 bits per heavy atom. The molecule has 0 aliphatic carbocycles. The van der Waals surface area contributed by atoms with E-state index in [-0.39, 0.29) is 5.91 Å². The number of imidazole rings is 1. The predicted molar refractivity (Wildman–Crippen MR) is 103 cm³/mol. The van der Waals surface area contributed by atoms with Crippen LogP contribution in [0, 0.1) is 13.8 Å².